The Morgan fingerprint density at radius 3 is 2.72 bits per heavy atom. The van der Waals surface area contributed by atoms with Gasteiger partial charge in [0.1, 0.15) is 11.6 Å². The van der Waals surface area contributed by atoms with Gasteiger partial charge in [-0.15, -0.1) is 0 Å². The van der Waals surface area contributed by atoms with Crippen LogP contribution in [0.2, 0.25) is 0 Å². The molecule has 1 fully saturated rings. The molecule has 1 aromatic carbocycles. The molecule has 32 heavy (non-hydrogen) atoms. The van der Waals surface area contributed by atoms with Crippen molar-refractivity contribution in [2.24, 2.45) is 5.92 Å². The molecular formula is C24H25FN6O. The minimum absolute atomic E-state index is 0.0643. The Morgan fingerprint density at radius 1 is 1.12 bits per heavy atom. The van der Waals surface area contributed by atoms with Crippen LogP contribution in [0.1, 0.15) is 24.1 Å². The van der Waals surface area contributed by atoms with Gasteiger partial charge >= 0.3 is 0 Å². The van der Waals surface area contributed by atoms with E-state index >= 15 is 0 Å². The lowest BCUT2D eigenvalue weighted by Gasteiger charge is -2.33. The number of hydrogen-bond donors (Lipinski definition) is 2. The van der Waals surface area contributed by atoms with Gasteiger partial charge in [-0.05, 0) is 56.3 Å². The van der Waals surface area contributed by atoms with E-state index in [0.717, 1.165) is 42.8 Å². The van der Waals surface area contributed by atoms with Gasteiger partial charge in [-0.3, -0.25) is 9.78 Å². The number of halogens is 1. The zero-order valence-corrected chi connectivity index (χ0v) is 17.7. The molecule has 0 bridgehead atoms. The third-order valence-corrected chi connectivity index (χ3v) is 6.09. The predicted molar refractivity (Wildman–Crippen MR) is 120 cm³/mol. The molecule has 7 nitrogen and oxygen atoms in total. The van der Waals surface area contributed by atoms with E-state index in [4.69, 9.17) is 9.97 Å². The molecule has 0 aliphatic carbocycles. The SMILES string of the molecule is O=C(C1CCNCC1)N1CCc2nc(-c3ccncc3)nc(Nc3cccc(F)c3)c2C1. The van der Waals surface area contributed by atoms with Crippen molar-refractivity contribution < 1.29 is 9.18 Å². The fraction of sp³-hybridized carbons (Fsp3) is 0.333. The highest BCUT2D eigenvalue weighted by Gasteiger charge is 2.30. The summed E-state index contributed by atoms with van der Waals surface area (Å²) < 4.78 is 13.8. The number of aromatic nitrogens is 3. The van der Waals surface area contributed by atoms with Crippen LogP contribution in [0.4, 0.5) is 15.9 Å². The molecule has 2 aliphatic heterocycles. The van der Waals surface area contributed by atoms with Crippen LogP contribution < -0.4 is 10.6 Å². The second-order valence-corrected chi connectivity index (χ2v) is 8.23. The van der Waals surface area contributed by atoms with E-state index in [1.807, 2.05) is 17.0 Å². The molecule has 2 aromatic heterocycles. The van der Waals surface area contributed by atoms with Gasteiger partial charge in [0.15, 0.2) is 5.82 Å². The number of fused-ring (bicyclic) bond motifs is 1. The van der Waals surface area contributed by atoms with Crippen LogP contribution in [0.15, 0.2) is 48.8 Å². The maximum Gasteiger partial charge on any atom is 0.226 e. The topological polar surface area (TPSA) is 83.0 Å². The third kappa shape index (κ3) is 4.31. The number of piperidine rings is 1. The van der Waals surface area contributed by atoms with Gasteiger partial charge < -0.3 is 15.5 Å². The number of rotatable bonds is 4. The summed E-state index contributed by atoms with van der Waals surface area (Å²) in [5.41, 5.74) is 3.27. The number of amides is 1. The van der Waals surface area contributed by atoms with Gasteiger partial charge in [0, 0.05) is 48.1 Å². The smallest absolute Gasteiger partial charge is 0.226 e. The Morgan fingerprint density at radius 2 is 1.94 bits per heavy atom. The molecule has 0 unspecified atom stereocenters. The largest absolute Gasteiger partial charge is 0.340 e. The van der Waals surface area contributed by atoms with Crippen molar-refractivity contribution in [1.82, 2.24) is 25.2 Å². The molecule has 3 aromatic rings. The number of pyridine rings is 1. The average molecular weight is 433 g/mol. The maximum atomic E-state index is 13.8. The third-order valence-electron chi connectivity index (χ3n) is 6.09. The first-order chi connectivity index (χ1) is 15.7. The van der Waals surface area contributed by atoms with Gasteiger partial charge in [0.2, 0.25) is 5.91 Å². The number of anilines is 2. The van der Waals surface area contributed by atoms with Crippen LogP contribution in [0, 0.1) is 11.7 Å². The van der Waals surface area contributed by atoms with Crippen molar-refractivity contribution in [2.75, 3.05) is 25.0 Å². The quantitative estimate of drug-likeness (QED) is 0.658. The molecule has 0 saturated carbocycles. The molecule has 1 saturated heterocycles. The Bertz CT molecular complexity index is 1120. The molecule has 1 amide bonds. The zero-order chi connectivity index (χ0) is 21.9. The number of carbonyl (C=O) groups is 1. The van der Waals surface area contributed by atoms with E-state index < -0.39 is 0 Å². The standard InChI is InChI=1S/C24H25FN6O/c25-18-2-1-3-19(14-18)28-23-20-15-31(24(32)17-6-11-27-12-7-17)13-8-21(20)29-22(30-23)16-4-9-26-10-5-16/h1-5,9-10,14,17,27H,6-8,11-13,15H2,(H,28,29,30). The van der Waals surface area contributed by atoms with E-state index in [0.29, 0.717) is 36.8 Å². The van der Waals surface area contributed by atoms with E-state index in [9.17, 15) is 9.18 Å². The van der Waals surface area contributed by atoms with Crippen LogP contribution in [-0.2, 0) is 17.8 Å². The number of hydrogen-bond acceptors (Lipinski definition) is 6. The monoisotopic (exact) mass is 432 g/mol. The molecule has 164 valence electrons. The van der Waals surface area contributed by atoms with E-state index in [-0.39, 0.29) is 17.6 Å². The molecule has 4 heterocycles. The van der Waals surface area contributed by atoms with Crippen LogP contribution >= 0.6 is 0 Å². The lowest BCUT2D eigenvalue weighted by molar-refractivity contribution is -0.137. The zero-order valence-electron chi connectivity index (χ0n) is 17.7. The van der Waals surface area contributed by atoms with Crippen LogP contribution in [-0.4, -0.2) is 45.4 Å². The van der Waals surface area contributed by atoms with Crippen molar-refractivity contribution in [3.8, 4) is 11.4 Å². The summed E-state index contributed by atoms with van der Waals surface area (Å²) in [4.78, 5) is 28.7. The van der Waals surface area contributed by atoms with Crippen molar-refractivity contribution in [2.45, 2.75) is 25.8 Å². The van der Waals surface area contributed by atoms with E-state index in [1.54, 1.807) is 24.5 Å². The molecule has 5 rings (SSSR count). The van der Waals surface area contributed by atoms with Crippen molar-refractivity contribution in [3.63, 3.8) is 0 Å². The van der Waals surface area contributed by atoms with Gasteiger partial charge in [0.05, 0.1) is 12.2 Å². The first-order valence-electron chi connectivity index (χ1n) is 11.0. The highest BCUT2D eigenvalue weighted by molar-refractivity contribution is 5.80. The second kappa shape index (κ2) is 9.00. The first-order valence-corrected chi connectivity index (χ1v) is 11.0. The summed E-state index contributed by atoms with van der Waals surface area (Å²) >= 11 is 0. The van der Waals surface area contributed by atoms with Crippen molar-refractivity contribution >= 4 is 17.4 Å². The molecule has 2 aliphatic rings. The van der Waals surface area contributed by atoms with Crippen LogP contribution in [0.5, 0.6) is 0 Å². The Labute approximate surface area is 186 Å². The lowest BCUT2D eigenvalue weighted by Crippen LogP contribution is -2.43. The van der Waals surface area contributed by atoms with Gasteiger partial charge in [0.25, 0.3) is 0 Å². The molecule has 0 radical (unpaired) electrons. The molecule has 0 atom stereocenters. The molecule has 2 N–H and O–H groups in total. The maximum absolute atomic E-state index is 13.8. The number of nitrogens with zero attached hydrogens (tertiary/aromatic N) is 4. The Hall–Kier alpha value is -3.39. The normalized spacial score (nSPS) is 16.5. The number of nitrogens with one attached hydrogen (secondary N) is 2. The molecular weight excluding hydrogens is 407 g/mol. The average Bonchev–Trinajstić information content (AvgIpc) is 2.84. The minimum Gasteiger partial charge on any atom is -0.340 e. The number of carbonyl (C=O) groups excluding carboxylic acids is 1. The minimum atomic E-state index is -0.324. The summed E-state index contributed by atoms with van der Waals surface area (Å²) in [5, 5.41) is 6.58. The van der Waals surface area contributed by atoms with Crippen LogP contribution in [0.25, 0.3) is 11.4 Å². The van der Waals surface area contributed by atoms with Gasteiger partial charge in [-0.25, -0.2) is 14.4 Å². The summed E-state index contributed by atoms with van der Waals surface area (Å²) in [6.45, 7) is 2.85. The fourth-order valence-corrected chi connectivity index (χ4v) is 4.37. The van der Waals surface area contributed by atoms with E-state index in [2.05, 4.69) is 15.6 Å². The number of benzene rings is 1. The second-order valence-electron chi connectivity index (χ2n) is 8.23. The van der Waals surface area contributed by atoms with E-state index in [1.165, 1.54) is 12.1 Å². The lowest BCUT2D eigenvalue weighted by atomic mass is 9.95. The fourth-order valence-electron chi connectivity index (χ4n) is 4.37. The predicted octanol–water partition coefficient (Wildman–Crippen LogP) is 3.31. The summed E-state index contributed by atoms with van der Waals surface area (Å²) in [5.74, 6) is 1.13. The molecule has 8 heteroatoms. The van der Waals surface area contributed by atoms with Gasteiger partial charge in [-0.1, -0.05) is 6.07 Å². The Kier molecular flexibility index (Phi) is 5.77. The summed E-state index contributed by atoms with van der Waals surface area (Å²) in [6.07, 6.45) is 5.81. The highest BCUT2D eigenvalue weighted by atomic mass is 19.1. The molecule has 0 spiro atoms. The summed E-state index contributed by atoms with van der Waals surface area (Å²) in [6, 6.07) is 10.0. The van der Waals surface area contributed by atoms with Crippen molar-refractivity contribution in [3.05, 3.63) is 65.9 Å². The summed E-state index contributed by atoms with van der Waals surface area (Å²) in [7, 11) is 0. The highest BCUT2D eigenvalue weighted by Crippen LogP contribution is 2.30. The first kappa shape index (κ1) is 20.5. The van der Waals surface area contributed by atoms with Gasteiger partial charge in [-0.2, -0.15) is 0 Å². The van der Waals surface area contributed by atoms with Crippen LogP contribution in [0.3, 0.4) is 0 Å². The Balaban J connectivity index is 1.49. The van der Waals surface area contributed by atoms with Crippen molar-refractivity contribution in [1.29, 1.82) is 0 Å².